The molecule has 5 aromatic heterocycles. The molecule has 0 radical (unpaired) electrons. The van der Waals surface area contributed by atoms with Gasteiger partial charge < -0.3 is 95.0 Å². The zero-order valence-electron chi connectivity index (χ0n) is 72.6. The molecule has 0 spiro atoms. The van der Waals surface area contributed by atoms with Crippen molar-refractivity contribution in [2.45, 2.75) is 183 Å². The topological polar surface area (TPSA) is 525 Å². The molecule has 13 N–H and O–H groups in total. The average Bonchev–Trinajstić information content (AvgIpc) is 1.48. The van der Waals surface area contributed by atoms with Crippen LogP contribution in [0, 0.1) is 19.8 Å². The highest BCUT2D eigenvalue weighted by atomic mass is 16.7. The molecule has 8 aromatic rings. The van der Waals surface area contributed by atoms with Crippen molar-refractivity contribution in [3.8, 4) is 11.5 Å². The lowest BCUT2D eigenvalue weighted by molar-refractivity contribution is -0.132. The number of ether oxygens (including phenoxy) is 8. The molecule has 678 valence electrons. The predicted molar refractivity (Wildman–Crippen MR) is 456 cm³/mol. The molecular formula is C83H117N23O19. The number of aromatic nitrogens is 11. The van der Waals surface area contributed by atoms with E-state index in [1.165, 1.54) is 13.2 Å². The highest BCUT2D eigenvalue weighted by molar-refractivity contribution is 6.06. The van der Waals surface area contributed by atoms with Crippen molar-refractivity contribution in [3.05, 3.63) is 112 Å². The first-order valence-corrected chi connectivity index (χ1v) is 42.0. The summed E-state index contributed by atoms with van der Waals surface area (Å²) >= 11 is 0. The fraction of sp³-hybridized carbons (Fsp3) is 0.542. The predicted octanol–water partition coefficient (Wildman–Crippen LogP) is 5.94. The number of hydrogen-bond acceptors (Lipinski definition) is 26. The van der Waals surface area contributed by atoms with Crippen LogP contribution in [0.15, 0.2) is 60.7 Å². The minimum Gasteiger partial charge on any atom is -0.494 e. The Morgan fingerprint density at radius 1 is 0.608 bits per heavy atom. The third-order valence-electron chi connectivity index (χ3n) is 20.5. The van der Waals surface area contributed by atoms with Crippen LogP contribution in [0.5, 0.6) is 11.5 Å². The third kappa shape index (κ3) is 27.3. The van der Waals surface area contributed by atoms with Crippen molar-refractivity contribution in [1.82, 2.24) is 84.7 Å². The number of likely N-dealkylation sites (tertiary alicyclic amines) is 1. The van der Waals surface area contributed by atoms with E-state index >= 15 is 0 Å². The van der Waals surface area contributed by atoms with Gasteiger partial charge >= 0.3 is 18.2 Å². The molecule has 125 heavy (non-hydrogen) atoms. The summed E-state index contributed by atoms with van der Waals surface area (Å²) in [6.45, 7) is 23.3. The van der Waals surface area contributed by atoms with Crippen LogP contribution in [0.25, 0.3) is 22.1 Å². The van der Waals surface area contributed by atoms with Gasteiger partial charge in [0.1, 0.15) is 64.0 Å². The number of piperidine rings is 1. The smallest absolute Gasteiger partial charge is 0.431 e. The molecule has 0 unspecified atom stereocenters. The van der Waals surface area contributed by atoms with Gasteiger partial charge in [-0.2, -0.15) is 15.7 Å². The molecular weight excluding hydrogens is 1620 g/mol. The van der Waals surface area contributed by atoms with E-state index in [0.717, 1.165) is 31.8 Å². The van der Waals surface area contributed by atoms with E-state index in [4.69, 9.17) is 69.9 Å². The number of hydrogen-bond donors (Lipinski definition) is 10. The monoisotopic (exact) mass is 1740 g/mol. The van der Waals surface area contributed by atoms with Crippen molar-refractivity contribution in [2.24, 2.45) is 23.1 Å². The number of unbranched alkanes of at least 4 members (excludes halogenated alkanes) is 1. The molecule has 10 rings (SSSR count). The Morgan fingerprint density at radius 3 is 1.71 bits per heavy atom. The summed E-state index contributed by atoms with van der Waals surface area (Å²) in [5.74, 6) is -1.58. The number of nitrogens with one attached hydrogen (secondary N) is 7. The maximum Gasteiger partial charge on any atom is 0.431 e. The number of nitrogens with two attached hydrogens (primary N) is 3. The molecule has 7 heterocycles. The molecule has 2 aliphatic heterocycles. The summed E-state index contributed by atoms with van der Waals surface area (Å²) in [5.41, 5.74) is 23.6. The van der Waals surface area contributed by atoms with Crippen LogP contribution in [0.1, 0.15) is 176 Å². The van der Waals surface area contributed by atoms with E-state index < -0.39 is 77.3 Å². The van der Waals surface area contributed by atoms with E-state index in [9.17, 15) is 47.9 Å². The van der Waals surface area contributed by atoms with Crippen molar-refractivity contribution in [3.63, 3.8) is 0 Å². The number of carbonyl (C=O) groups is 10. The molecule has 0 aliphatic carbocycles. The second kappa shape index (κ2) is 45.8. The molecule has 2 aliphatic rings. The number of hydroxylamine groups is 1. The van der Waals surface area contributed by atoms with Crippen molar-refractivity contribution < 1.29 is 90.7 Å². The van der Waals surface area contributed by atoms with Gasteiger partial charge in [0.2, 0.25) is 41.4 Å². The fourth-order valence-corrected chi connectivity index (χ4v) is 14.4. The van der Waals surface area contributed by atoms with Gasteiger partial charge in [-0.15, -0.1) is 10.2 Å². The average molecular weight is 1740 g/mol. The summed E-state index contributed by atoms with van der Waals surface area (Å²) in [7, 11) is 1.47. The van der Waals surface area contributed by atoms with Gasteiger partial charge in [-0.3, -0.25) is 63.3 Å². The molecule has 42 heteroatoms. The van der Waals surface area contributed by atoms with Gasteiger partial charge in [-0.05, 0) is 167 Å². The molecule has 11 amide bonds. The molecule has 0 saturated carbocycles. The number of fused-ring (bicyclic) bond motifs is 3. The molecule has 0 bridgehead atoms. The Bertz CT molecular complexity index is 5040. The fourth-order valence-electron chi connectivity index (χ4n) is 14.4. The Hall–Kier alpha value is -12.4. The number of benzene rings is 3. The zero-order valence-corrected chi connectivity index (χ0v) is 72.6. The van der Waals surface area contributed by atoms with E-state index in [1.54, 1.807) is 117 Å². The number of rotatable bonds is 48. The summed E-state index contributed by atoms with van der Waals surface area (Å²) < 4.78 is 54.2. The number of nitrogens with zero attached hydrogens (tertiary/aromatic N) is 13. The lowest BCUT2D eigenvalue weighted by atomic mass is 9.95. The molecule has 1 saturated heterocycles. The van der Waals surface area contributed by atoms with Crippen LogP contribution in [0.2, 0.25) is 0 Å². The van der Waals surface area contributed by atoms with Crippen LogP contribution in [0.4, 0.5) is 32.0 Å². The lowest BCUT2D eigenvalue weighted by Crippen LogP contribution is -2.54. The number of aryl methyl sites for hydroxylation is 6. The van der Waals surface area contributed by atoms with Crippen molar-refractivity contribution in [2.75, 3.05) is 122 Å². The van der Waals surface area contributed by atoms with Gasteiger partial charge in [0, 0.05) is 81.5 Å². The maximum absolute atomic E-state index is 14.2. The largest absolute Gasteiger partial charge is 0.494 e. The second-order valence-electron chi connectivity index (χ2n) is 31.4. The third-order valence-corrected chi connectivity index (χ3v) is 20.5. The highest BCUT2D eigenvalue weighted by Crippen LogP contribution is 2.35. The zero-order chi connectivity index (χ0) is 89.9. The van der Waals surface area contributed by atoms with Gasteiger partial charge in [0.15, 0.2) is 5.82 Å². The molecule has 42 nitrogen and oxygen atoms in total. The number of anilines is 3. The van der Waals surface area contributed by atoms with Gasteiger partial charge in [0.25, 0.3) is 11.8 Å². The number of methoxy groups -OCH3 is 1. The summed E-state index contributed by atoms with van der Waals surface area (Å²) in [6, 6.07) is 13.5. The van der Waals surface area contributed by atoms with E-state index in [0.29, 0.717) is 158 Å². The van der Waals surface area contributed by atoms with Crippen LogP contribution < -0.4 is 64.1 Å². The molecule has 1 fully saturated rings. The molecule has 3 aromatic carbocycles. The number of urea groups is 1. The van der Waals surface area contributed by atoms with Gasteiger partial charge in [-0.25, -0.2) is 24.4 Å². The quantitative estimate of drug-likeness (QED) is 0.0156. The number of amides is 11. The van der Waals surface area contributed by atoms with Crippen molar-refractivity contribution in [1.29, 1.82) is 0 Å². The van der Waals surface area contributed by atoms with Crippen LogP contribution in [-0.4, -0.2) is 246 Å². The first-order valence-electron chi connectivity index (χ1n) is 42.0. The Morgan fingerprint density at radius 2 is 1.17 bits per heavy atom. The highest BCUT2D eigenvalue weighted by Gasteiger charge is 2.34. The number of primary amides is 3. The molecule has 2 atom stereocenters. The first-order chi connectivity index (χ1) is 60.0. The van der Waals surface area contributed by atoms with Crippen LogP contribution in [0.3, 0.4) is 0 Å². The van der Waals surface area contributed by atoms with E-state index in [-0.39, 0.29) is 120 Å². The number of imidazole rings is 2. The Balaban J connectivity index is 0.672. The van der Waals surface area contributed by atoms with Gasteiger partial charge in [-0.1, -0.05) is 26.0 Å². The summed E-state index contributed by atoms with van der Waals surface area (Å²) in [6.07, 6.45) is 2.27. The van der Waals surface area contributed by atoms with E-state index in [2.05, 4.69) is 67.2 Å². The minimum atomic E-state index is -1.09. The Kier molecular flexibility index (Phi) is 34.8. The van der Waals surface area contributed by atoms with Crippen molar-refractivity contribution >= 4 is 99.2 Å². The van der Waals surface area contributed by atoms with E-state index in [1.807, 2.05) is 23.0 Å². The standard InChI is InChI=1S/C83H117N23O19/c1-11-105-62(43-52(5)97-105)75(111)93-79-90-60-45-56(71(84)108)47-64(117-10)69(60)103(79)27-13-14-28-104-70-61(91-80(104)94-76(112)63-44-53(6)98-106(63)12-2)46-57(72(85)109)48-65(70)122-33-16-26-100-29-22-55(23-30-100)73-96-95-66-49-101(31-32-102(66)73)82(116)123-50-54-18-20-58(21-19-54)88-74(110)59(17-15-25-87-78(86)114)89-77(113)68(51(3)4)92-67(107)24-34-118-35-36-119-37-38-120-39-40-121-41-42-124-99-81(115)125-83(7,8)9/h18-21,43-48,51,55,59,68H,11-17,22-42,49-50H2,1-10H3,(H2,84,108)(H2,85,109)(H,88,110)(H,89,113)(H,92,107)(H,99,115)(H3,86,87,114)(H,90,93,111)(H,91,94,112)/t59-,68-/m0/s1. The SMILES string of the molecule is CCn1nc(C)cc1C(=O)Nc1nc2cc(C(N)=O)cc(OC)c2n1CCCCn1c(NC(=O)c2cc(C)nn2CC)nc2cc(C(N)=O)cc(OCCCN3CCC(c4nnc5n4CCN(C(=O)OCc4ccc(NC(=O)[C@H](CCCNC(N)=O)NC(=O)[C@@H](NC(=O)CCOCCOCCOCCOCCONC(=O)OC(C)(C)C)C(C)C)cc4)C5)CC3)c21. The maximum atomic E-state index is 14.2. The van der Waals surface area contributed by atoms with Gasteiger partial charge in [0.05, 0.1) is 102 Å². The summed E-state index contributed by atoms with van der Waals surface area (Å²) in [5, 5.41) is 35.0. The minimum absolute atomic E-state index is 0.0475. The second-order valence-corrected chi connectivity index (χ2v) is 31.4. The normalized spacial score (nSPS) is 13.6. The summed E-state index contributed by atoms with van der Waals surface area (Å²) in [4.78, 5) is 150. The lowest BCUT2D eigenvalue weighted by Gasteiger charge is -2.33. The van der Waals surface area contributed by atoms with Crippen LogP contribution >= 0.6 is 0 Å². The first kappa shape index (κ1) is 94.9. The van der Waals surface area contributed by atoms with Crippen LogP contribution in [-0.2, 0) is 93.5 Å². The Labute approximate surface area is 722 Å². The number of carbonyl (C=O) groups excluding carboxylic acids is 10.